The minimum Gasteiger partial charge on any atom is -0.385 e. The molecule has 0 bridgehead atoms. The van der Waals surface area contributed by atoms with E-state index in [-0.39, 0.29) is 5.82 Å². The lowest BCUT2D eigenvalue weighted by molar-refractivity contribution is 0.632. The Morgan fingerprint density at radius 1 is 1.33 bits per heavy atom. The molecule has 0 amide bonds. The molecule has 1 fully saturated rings. The predicted molar refractivity (Wildman–Crippen MR) is 89.5 cm³/mol. The van der Waals surface area contributed by atoms with Crippen molar-refractivity contribution in [3.8, 4) is 0 Å². The maximum absolute atomic E-state index is 14.5. The van der Waals surface area contributed by atoms with E-state index >= 15 is 0 Å². The first kappa shape index (κ1) is 14.8. The van der Waals surface area contributed by atoms with Crippen molar-refractivity contribution in [1.82, 2.24) is 4.98 Å². The third-order valence-electron chi connectivity index (χ3n) is 4.33. The van der Waals surface area contributed by atoms with Gasteiger partial charge in [0.25, 0.3) is 0 Å². The second-order valence-electron chi connectivity index (χ2n) is 5.82. The number of aromatic nitrogens is 1. The lowest BCUT2D eigenvalue weighted by Gasteiger charge is -2.16. The first-order valence-corrected chi connectivity index (χ1v) is 8.44. The van der Waals surface area contributed by atoms with Gasteiger partial charge in [-0.3, -0.25) is 4.98 Å². The van der Waals surface area contributed by atoms with E-state index in [2.05, 4.69) is 27.3 Å². The van der Waals surface area contributed by atoms with Crippen molar-refractivity contribution in [2.75, 3.05) is 11.9 Å². The van der Waals surface area contributed by atoms with Crippen LogP contribution >= 0.6 is 15.9 Å². The van der Waals surface area contributed by atoms with Gasteiger partial charge in [0.05, 0.1) is 15.4 Å². The Morgan fingerprint density at radius 2 is 2.05 bits per heavy atom. The monoisotopic (exact) mass is 350 g/mol. The standard InChI is InChI=1S/C17H20BrFN2/c1-3-20-14-9-13(11-6-4-5-7-11)21-17-10(2)8-12(18)16(19)15(14)17/h8-9,11H,3-7H2,1-2H3,(H,20,21). The lowest BCUT2D eigenvalue weighted by Crippen LogP contribution is -2.05. The fourth-order valence-corrected chi connectivity index (χ4v) is 3.82. The number of rotatable bonds is 3. The van der Waals surface area contributed by atoms with Gasteiger partial charge in [-0.1, -0.05) is 12.8 Å². The van der Waals surface area contributed by atoms with E-state index in [9.17, 15) is 4.39 Å². The number of halogens is 2. The highest BCUT2D eigenvalue weighted by Gasteiger charge is 2.22. The van der Waals surface area contributed by atoms with Gasteiger partial charge in [0.2, 0.25) is 0 Å². The number of nitrogens with one attached hydrogen (secondary N) is 1. The predicted octanol–water partition coefficient (Wildman–Crippen LogP) is 5.53. The summed E-state index contributed by atoms with van der Waals surface area (Å²) in [5.74, 6) is 0.301. The second-order valence-corrected chi connectivity index (χ2v) is 6.67. The average molecular weight is 351 g/mol. The number of pyridine rings is 1. The molecule has 112 valence electrons. The molecule has 4 heteroatoms. The van der Waals surface area contributed by atoms with Crippen molar-refractivity contribution < 1.29 is 4.39 Å². The van der Waals surface area contributed by atoms with Crippen molar-refractivity contribution in [3.63, 3.8) is 0 Å². The Morgan fingerprint density at radius 3 is 2.71 bits per heavy atom. The van der Waals surface area contributed by atoms with Gasteiger partial charge in [0.1, 0.15) is 5.82 Å². The molecule has 1 N–H and O–H groups in total. The second kappa shape index (κ2) is 5.91. The molecule has 1 aliphatic carbocycles. The van der Waals surface area contributed by atoms with E-state index in [1.165, 1.54) is 25.7 Å². The fourth-order valence-electron chi connectivity index (χ4n) is 3.27. The van der Waals surface area contributed by atoms with Gasteiger partial charge < -0.3 is 5.32 Å². The van der Waals surface area contributed by atoms with Crippen LogP contribution in [0, 0.1) is 12.7 Å². The number of fused-ring (bicyclic) bond motifs is 1. The van der Waals surface area contributed by atoms with Crippen LogP contribution < -0.4 is 5.32 Å². The summed E-state index contributed by atoms with van der Waals surface area (Å²) in [7, 11) is 0. The third-order valence-corrected chi connectivity index (χ3v) is 4.90. The molecular weight excluding hydrogens is 331 g/mol. The van der Waals surface area contributed by atoms with Crippen LogP contribution in [0.3, 0.4) is 0 Å². The summed E-state index contributed by atoms with van der Waals surface area (Å²) < 4.78 is 15.0. The molecule has 2 nitrogen and oxygen atoms in total. The molecule has 1 heterocycles. The zero-order valence-corrected chi connectivity index (χ0v) is 14.1. The van der Waals surface area contributed by atoms with Gasteiger partial charge in [0.15, 0.2) is 0 Å². The Balaban J connectivity index is 2.25. The van der Waals surface area contributed by atoms with E-state index in [0.717, 1.165) is 29.0 Å². The molecule has 2 aromatic rings. The summed E-state index contributed by atoms with van der Waals surface area (Å²) in [6.45, 7) is 4.80. The zero-order valence-electron chi connectivity index (χ0n) is 12.5. The average Bonchev–Trinajstić information content (AvgIpc) is 2.99. The van der Waals surface area contributed by atoms with Crippen LogP contribution in [0.5, 0.6) is 0 Å². The summed E-state index contributed by atoms with van der Waals surface area (Å²) in [5.41, 5.74) is 3.78. The van der Waals surface area contributed by atoms with Crippen molar-refractivity contribution in [2.45, 2.75) is 45.4 Å². The molecule has 0 saturated heterocycles. The quantitative estimate of drug-likeness (QED) is 0.786. The molecule has 0 aliphatic heterocycles. The Bertz CT molecular complexity index is 678. The van der Waals surface area contributed by atoms with E-state index in [0.29, 0.717) is 15.8 Å². The van der Waals surface area contributed by atoms with Crippen molar-refractivity contribution >= 4 is 32.5 Å². The number of hydrogen-bond acceptors (Lipinski definition) is 2. The highest BCUT2D eigenvalue weighted by molar-refractivity contribution is 9.10. The SMILES string of the molecule is CCNc1cc(C2CCCC2)nc2c(C)cc(Br)c(F)c12. The van der Waals surface area contributed by atoms with Gasteiger partial charge in [-0.25, -0.2) is 4.39 Å². The van der Waals surface area contributed by atoms with Crippen molar-refractivity contribution in [3.05, 3.63) is 33.7 Å². The number of benzene rings is 1. The van der Waals surface area contributed by atoms with E-state index < -0.39 is 0 Å². The maximum atomic E-state index is 14.5. The van der Waals surface area contributed by atoms with E-state index in [4.69, 9.17) is 4.98 Å². The smallest absolute Gasteiger partial charge is 0.148 e. The van der Waals surface area contributed by atoms with Crippen molar-refractivity contribution in [2.24, 2.45) is 0 Å². The molecule has 1 aromatic carbocycles. The molecule has 0 spiro atoms. The van der Waals surface area contributed by atoms with Crippen molar-refractivity contribution in [1.29, 1.82) is 0 Å². The minimum atomic E-state index is -0.225. The van der Waals surface area contributed by atoms with Gasteiger partial charge >= 0.3 is 0 Å². The summed E-state index contributed by atoms with van der Waals surface area (Å²) in [4.78, 5) is 4.80. The van der Waals surface area contributed by atoms with Gasteiger partial charge in [-0.15, -0.1) is 0 Å². The van der Waals surface area contributed by atoms with E-state index in [1.54, 1.807) is 0 Å². The van der Waals surface area contributed by atoms with Gasteiger partial charge in [-0.2, -0.15) is 0 Å². The number of anilines is 1. The third kappa shape index (κ3) is 2.66. The molecule has 1 saturated carbocycles. The highest BCUT2D eigenvalue weighted by Crippen LogP contribution is 2.38. The van der Waals surface area contributed by atoms with Crippen LogP contribution in [0.1, 0.15) is 49.8 Å². The molecule has 21 heavy (non-hydrogen) atoms. The van der Waals surface area contributed by atoms with Crippen LogP contribution in [0.4, 0.5) is 10.1 Å². The molecule has 3 rings (SSSR count). The largest absolute Gasteiger partial charge is 0.385 e. The number of aryl methyl sites for hydroxylation is 1. The normalized spacial score (nSPS) is 15.8. The molecule has 0 unspecified atom stereocenters. The minimum absolute atomic E-state index is 0.225. The molecule has 1 aromatic heterocycles. The van der Waals surface area contributed by atoms with Crippen LogP contribution in [0.25, 0.3) is 10.9 Å². The Hall–Kier alpha value is -1.16. The van der Waals surface area contributed by atoms with Crippen LogP contribution in [0.15, 0.2) is 16.6 Å². The maximum Gasteiger partial charge on any atom is 0.148 e. The first-order chi connectivity index (χ1) is 10.1. The number of hydrogen-bond donors (Lipinski definition) is 1. The number of nitrogens with zero attached hydrogens (tertiary/aromatic N) is 1. The summed E-state index contributed by atoms with van der Waals surface area (Å²) in [6.07, 6.45) is 4.94. The highest BCUT2D eigenvalue weighted by atomic mass is 79.9. The summed E-state index contributed by atoms with van der Waals surface area (Å²) in [5, 5.41) is 3.91. The topological polar surface area (TPSA) is 24.9 Å². The Kier molecular flexibility index (Phi) is 4.16. The Labute approximate surface area is 133 Å². The van der Waals surface area contributed by atoms with Gasteiger partial charge in [-0.05, 0) is 60.3 Å². The van der Waals surface area contributed by atoms with Crippen LogP contribution in [0.2, 0.25) is 0 Å². The molecular formula is C17H20BrFN2. The van der Waals surface area contributed by atoms with Crippen LogP contribution in [-0.2, 0) is 0 Å². The fraction of sp³-hybridized carbons (Fsp3) is 0.471. The molecule has 0 radical (unpaired) electrons. The van der Waals surface area contributed by atoms with E-state index in [1.807, 2.05) is 19.9 Å². The molecule has 1 aliphatic rings. The molecule has 0 atom stereocenters. The van der Waals surface area contributed by atoms with Gasteiger partial charge in [0, 0.05) is 23.8 Å². The lowest BCUT2D eigenvalue weighted by atomic mass is 10.00. The first-order valence-electron chi connectivity index (χ1n) is 7.65. The van der Waals surface area contributed by atoms with Crippen LogP contribution in [-0.4, -0.2) is 11.5 Å². The summed E-state index contributed by atoms with van der Waals surface area (Å²) in [6, 6.07) is 3.87. The zero-order chi connectivity index (χ0) is 15.0. The summed E-state index contributed by atoms with van der Waals surface area (Å²) >= 11 is 3.31.